The van der Waals surface area contributed by atoms with Crippen molar-refractivity contribution in [1.82, 2.24) is 9.55 Å². The molecule has 1 saturated carbocycles. The molecule has 0 bridgehead atoms. The lowest BCUT2D eigenvalue weighted by molar-refractivity contribution is -0.119. The highest BCUT2D eigenvalue weighted by Crippen LogP contribution is 2.34. The Morgan fingerprint density at radius 3 is 2.38 bits per heavy atom. The standard InChI is InChI=1S/C29H39N3O3.C2H6.2H2/c1-21-6-15-26(33)5-3-4-25(30-20-21)14-11-22-7-9-23(10-8-22)18-19-32-28(34)17-13-24-12-16-27(35-2)31-29(24)32;1-2;;/h12-13,16-17,20,22-23H,3-11,14-15,18-19H2,1-2H3;1-2H3;2*1H/b21-20+,30-25?;;;. The Balaban J connectivity index is 0.00000186. The molecular formula is C31H49N3O3. The van der Waals surface area contributed by atoms with Gasteiger partial charge in [0.05, 0.1) is 7.11 Å². The molecule has 2 aromatic heterocycles. The van der Waals surface area contributed by atoms with Crippen LogP contribution in [0.1, 0.15) is 101 Å². The third kappa shape index (κ3) is 8.65. The molecule has 206 valence electrons. The van der Waals surface area contributed by atoms with E-state index in [1.54, 1.807) is 13.2 Å². The van der Waals surface area contributed by atoms with Crippen molar-refractivity contribution < 1.29 is 12.4 Å². The summed E-state index contributed by atoms with van der Waals surface area (Å²) in [6.07, 6.45) is 14.3. The molecule has 6 nitrogen and oxygen atoms in total. The highest BCUT2D eigenvalue weighted by molar-refractivity contribution is 5.86. The Morgan fingerprint density at radius 2 is 1.65 bits per heavy atom. The zero-order chi connectivity index (χ0) is 26.6. The molecular weight excluding hydrogens is 462 g/mol. The number of methoxy groups -OCH3 is 1. The van der Waals surface area contributed by atoms with Crippen molar-refractivity contribution in [2.24, 2.45) is 16.8 Å². The summed E-state index contributed by atoms with van der Waals surface area (Å²) in [4.78, 5) is 33.8. The van der Waals surface area contributed by atoms with Crippen LogP contribution in [0, 0.1) is 11.8 Å². The molecule has 2 aliphatic rings. The molecule has 0 N–H and O–H groups in total. The number of hydrogen-bond acceptors (Lipinski definition) is 5. The Hall–Kier alpha value is -2.76. The van der Waals surface area contributed by atoms with E-state index in [-0.39, 0.29) is 8.41 Å². The third-order valence-electron chi connectivity index (χ3n) is 7.77. The van der Waals surface area contributed by atoms with Gasteiger partial charge in [0, 0.05) is 51.7 Å². The number of pyridine rings is 2. The van der Waals surface area contributed by atoms with Gasteiger partial charge in [-0.1, -0.05) is 45.1 Å². The third-order valence-corrected chi connectivity index (χ3v) is 7.77. The van der Waals surface area contributed by atoms with Gasteiger partial charge in [0.15, 0.2) is 0 Å². The first-order valence-corrected chi connectivity index (χ1v) is 14.3. The smallest absolute Gasteiger partial charge is 0.252 e. The second-order valence-corrected chi connectivity index (χ2v) is 10.4. The lowest BCUT2D eigenvalue weighted by Gasteiger charge is -2.29. The number of ketones is 1. The number of ether oxygens (including phenoxy) is 1. The average molecular weight is 512 g/mol. The molecule has 0 radical (unpaired) electrons. The zero-order valence-corrected chi connectivity index (χ0v) is 23.3. The summed E-state index contributed by atoms with van der Waals surface area (Å²) in [5.41, 5.74) is 3.18. The lowest BCUT2D eigenvalue weighted by atomic mass is 9.78. The second kappa shape index (κ2) is 14.8. The zero-order valence-electron chi connectivity index (χ0n) is 23.3. The van der Waals surface area contributed by atoms with Gasteiger partial charge in [-0.2, -0.15) is 4.98 Å². The van der Waals surface area contributed by atoms with Crippen molar-refractivity contribution in [3.8, 4) is 5.88 Å². The number of aromatic nitrogens is 2. The highest BCUT2D eigenvalue weighted by atomic mass is 16.5. The average Bonchev–Trinajstić information content (AvgIpc) is 2.93. The minimum absolute atomic E-state index is 0. The number of allylic oxidation sites excluding steroid dienone is 1. The number of aryl methyl sites for hydroxylation is 1. The van der Waals surface area contributed by atoms with E-state index in [9.17, 15) is 9.59 Å². The summed E-state index contributed by atoms with van der Waals surface area (Å²) in [5, 5.41) is 0.965. The fraction of sp³-hybridized carbons (Fsp3) is 0.613. The molecule has 0 aromatic carbocycles. The van der Waals surface area contributed by atoms with Gasteiger partial charge in [-0.15, -0.1) is 0 Å². The molecule has 0 unspecified atom stereocenters. The van der Waals surface area contributed by atoms with Gasteiger partial charge in [0.25, 0.3) is 5.56 Å². The van der Waals surface area contributed by atoms with Gasteiger partial charge in [-0.3, -0.25) is 19.1 Å². The van der Waals surface area contributed by atoms with Gasteiger partial charge in [-0.05, 0) is 69.4 Å². The molecule has 6 heteroatoms. The quantitative estimate of drug-likeness (QED) is 0.380. The van der Waals surface area contributed by atoms with E-state index >= 15 is 0 Å². The van der Waals surface area contributed by atoms with Crippen LogP contribution in [0.2, 0.25) is 0 Å². The maximum atomic E-state index is 12.6. The van der Waals surface area contributed by atoms with E-state index in [4.69, 9.17) is 9.73 Å². The molecule has 4 rings (SSSR count). The number of Topliss-reactive ketones (excluding diaryl/α,β-unsaturated/α-hetero) is 1. The minimum Gasteiger partial charge on any atom is -0.481 e. The van der Waals surface area contributed by atoms with E-state index in [0.717, 1.165) is 43.4 Å². The molecule has 0 spiro atoms. The summed E-state index contributed by atoms with van der Waals surface area (Å²) in [7, 11) is 1.60. The first-order valence-electron chi connectivity index (χ1n) is 14.3. The van der Waals surface area contributed by atoms with E-state index in [1.807, 2.05) is 42.8 Å². The minimum atomic E-state index is 0. The van der Waals surface area contributed by atoms with Crippen LogP contribution in [0.25, 0.3) is 11.0 Å². The van der Waals surface area contributed by atoms with Crippen LogP contribution in [0.5, 0.6) is 5.88 Å². The Bertz CT molecular complexity index is 1150. The van der Waals surface area contributed by atoms with Crippen molar-refractivity contribution in [3.05, 3.63) is 46.4 Å². The van der Waals surface area contributed by atoms with Crippen LogP contribution in [0.15, 0.2) is 45.8 Å². The number of nitrogens with zero attached hydrogens (tertiary/aromatic N) is 3. The van der Waals surface area contributed by atoms with Crippen LogP contribution < -0.4 is 10.3 Å². The van der Waals surface area contributed by atoms with Gasteiger partial charge in [0.1, 0.15) is 11.4 Å². The molecule has 0 atom stereocenters. The maximum absolute atomic E-state index is 12.6. The molecule has 0 saturated heterocycles. The molecule has 1 aliphatic carbocycles. The number of rotatable bonds is 7. The number of fused-ring (bicyclic) bond motifs is 1. The lowest BCUT2D eigenvalue weighted by Crippen LogP contribution is -2.23. The Morgan fingerprint density at radius 1 is 0.946 bits per heavy atom. The van der Waals surface area contributed by atoms with E-state index in [0.29, 0.717) is 42.6 Å². The van der Waals surface area contributed by atoms with Crippen molar-refractivity contribution in [3.63, 3.8) is 0 Å². The number of carbonyl (C=O) groups is 1. The largest absolute Gasteiger partial charge is 0.481 e. The van der Waals surface area contributed by atoms with Crippen LogP contribution in [-0.2, 0) is 11.3 Å². The van der Waals surface area contributed by atoms with E-state index in [1.165, 1.54) is 43.4 Å². The van der Waals surface area contributed by atoms with E-state index in [2.05, 4.69) is 11.9 Å². The van der Waals surface area contributed by atoms with Gasteiger partial charge in [-0.25, -0.2) is 0 Å². The molecule has 37 heavy (non-hydrogen) atoms. The molecule has 2 aromatic rings. The second-order valence-electron chi connectivity index (χ2n) is 10.4. The Labute approximate surface area is 225 Å². The molecule has 1 aliphatic heterocycles. The number of carbonyl (C=O) groups excluding carboxylic acids is 1. The van der Waals surface area contributed by atoms with Crippen LogP contribution in [-0.4, -0.2) is 28.2 Å². The molecule has 0 amide bonds. The summed E-state index contributed by atoms with van der Waals surface area (Å²) in [6, 6.07) is 7.27. The van der Waals surface area contributed by atoms with Crippen LogP contribution in [0.3, 0.4) is 0 Å². The monoisotopic (exact) mass is 511 g/mol. The fourth-order valence-corrected chi connectivity index (χ4v) is 5.44. The van der Waals surface area contributed by atoms with Crippen molar-refractivity contribution in [2.45, 2.75) is 104 Å². The first-order chi connectivity index (χ1) is 18.0. The predicted octanol–water partition coefficient (Wildman–Crippen LogP) is 7.78. The number of hydrogen-bond donors (Lipinski definition) is 0. The van der Waals surface area contributed by atoms with Crippen molar-refractivity contribution >= 4 is 22.5 Å². The van der Waals surface area contributed by atoms with Gasteiger partial charge >= 0.3 is 0 Å². The van der Waals surface area contributed by atoms with Gasteiger partial charge in [0.2, 0.25) is 5.88 Å². The fourth-order valence-electron chi connectivity index (χ4n) is 5.44. The van der Waals surface area contributed by atoms with Crippen molar-refractivity contribution in [2.75, 3.05) is 7.11 Å². The summed E-state index contributed by atoms with van der Waals surface area (Å²) >= 11 is 0. The van der Waals surface area contributed by atoms with E-state index < -0.39 is 0 Å². The summed E-state index contributed by atoms with van der Waals surface area (Å²) in [6.45, 7) is 6.78. The summed E-state index contributed by atoms with van der Waals surface area (Å²) in [5.74, 6) is 2.33. The molecule has 3 heterocycles. The summed E-state index contributed by atoms with van der Waals surface area (Å²) < 4.78 is 7.08. The topological polar surface area (TPSA) is 73.6 Å². The predicted molar refractivity (Wildman–Crippen MR) is 157 cm³/mol. The highest BCUT2D eigenvalue weighted by Gasteiger charge is 2.22. The number of aliphatic imine (C=N–C) groups is 1. The van der Waals surface area contributed by atoms with Crippen LogP contribution >= 0.6 is 0 Å². The Kier molecular flexibility index (Phi) is 11.6. The SMILES string of the molecule is CC.COc1ccc2ccc(=O)n(CCC3CCC(CCC4=N/C=C(\C)CCC(=O)CCC4)CC3)c2n1.[HH].[HH]. The van der Waals surface area contributed by atoms with Crippen LogP contribution in [0.4, 0.5) is 0 Å². The van der Waals surface area contributed by atoms with Crippen molar-refractivity contribution in [1.29, 1.82) is 0 Å². The maximum Gasteiger partial charge on any atom is 0.252 e. The molecule has 1 fully saturated rings. The normalized spacial score (nSPS) is 22.3. The first kappa shape index (κ1) is 28.8. The van der Waals surface area contributed by atoms with Gasteiger partial charge < -0.3 is 4.74 Å².